The maximum absolute atomic E-state index is 11.8. The number of rotatable bonds is 7. The number of ketones is 2. The fraction of sp³-hybridized carbons (Fsp3) is 0.161. The van der Waals surface area contributed by atoms with Crippen LogP contribution in [0.2, 0.25) is 0 Å². The van der Waals surface area contributed by atoms with Crippen LogP contribution in [0, 0.1) is 0 Å². The molecule has 4 aromatic carbocycles. The van der Waals surface area contributed by atoms with E-state index in [9.17, 15) is 9.59 Å². The van der Waals surface area contributed by atoms with E-state index in [0.717, 1.165) is 35.3 Å². The molecule has 180 valence electrons. The van der Waals surface area contributed by atoms with Crippen molar-refractivity contribution in [2.45, 2.75) is 13.8 Å². The zero-order valence-electron chi connectivity index (χ0n) is 20.6. The molecule has 0 heterocycles. The predicted octanol–water partition coefficient (Wildman–Crippen LogP) is 6.72. The van der Waals surface area contributed by atoms with Crippen molar-refractivity contribution < 1.29 is 14.4 Å². The average Bonchev–Trinajstić information content (AvgIpc) is 2.96. The third-order valence-corrected chi connectivity index (χ3v) is 5.11. The Bertz CT molecular complexity index is 936. The topological polar surface area (TPSA) is 46.6 Å². The Kier molecular flexibility index (Phi) is 12.4. The smallest absolute Gasteiger partial charge is 0.193 e. The van der Waals surface area contributed by atoms with Crippen molar-refractivity contribution in [3.63, 3.8) is 0 Å². The van der Waals surface area contributed by atoms with E-state index in [0.29, 0.717) is 0 Å². The highest BCUT2D eigenvalue weighted by Gasteiger charge is 2.07. The molecule has 0 unspecified atom stereocenters. The van der Waals surface area contributed by atoms with Crippen LogP contribution in [0.1, 0.15) is 45.7 Å². The van der Waals surface area contributed by atoms with Crippen LogP contribution in [-0.4, -0.2) is 36.8 Å². The lowest BCUT2D eigenvalue weighted by atomic mass is 10.0. The Hall–Kier alpha value is -3.86. The quantitative estimate of drug-likeness (QED) is 0.223. The van der Waals surface area contributed by atoms with Gasteiger partial charge in [0.15, 0.2) is 11.6 Å². The van der Waals surface area contributed by atoms with Crippen molar-refractivity contribution >= 4 is 11.6 Å². The summed E-state index contributed by atoms with van der Waals surface area (Å²) >= 11 is 0. The first-order chi connectivity index (χ1) is 17.1. The first-order valence-electron chi connectivity index (χ1n) is 11.7. The number of hydrogen-bond acceptors (Lipinski definition) is 4. The van der Waals surface area contributed by atoms with Gasteiger partial charge in [-0.05, 0) is 0 Å². The summed E-state index contributed by atoms with van der Waals surface area (Å²) in [4.78, 5) is 28.6. The standard InChI is InChI=1S/2C13H10O.C5H13NO/c2*14-13(11-7-3-1-4-8-11)12-9-5-2-6-10-12;1-4-6(5-2)7-3/h2*1-10H;4-5H2,1-3H3. The van der Waals surface area contributed by atoms with Gasteiger partial charge in [-0.3, -0.25) is 9.59 Å². The molecule has 4 heteroatoms. The Morgan fingerprint density at radius 1 is 0.514 bits per heavy atom. The van der Waals surface area contributed by atoms with E-state index in [1.807, 2.05) is 126 Å². The van der Waals surface area contributed by atoms with Crippen molar-refractivity contribution in [1.29, 1.82) is 0 Å². The molecule has 4 nitrogen and oxygen atoms in total. The highest BCUT2D eigenvalue weighted by atomic mass is 16.7. The minimum Gasteiger partial charge on any atom is -0.302 e. The van der Waals surface area contributed by atoms with Gasteiger partial charge in [0.05, 0.1) is 7.11 Å². The molecule has 0 amide bonds. The maximum atomic E-state index is 11.8. The van der Waals surface area contributed by atoms with E-state index in [2.05, 4.69) is 13.8 Å². The predicted molar refractivity (Wildman–Crippen MR) is 143 cm³/mol. The van der Waals surface area contributed by atoms with Crippen LogP contribution in [-0.2, 0) is 4.84 Å². The minimum atomic E-state index is 0.0752. The second kappa shape index (κ2) is 15.9. The summed E-state index contributed by atoms with van der Waals surface area (Å²) in [7, 11) is 1.69. The molecule has 0 bridgehead atoms. The van der Waals surface area contributed by atoms with Crippen LogP contribution in [0.3, 0.4) is 0 Å². The second-order valence-corrected chi connectivity index (χ2v) is 7.42. The molecule has 0 spiro atoms. The molecule has 0 saturated carbocycles. The first-order valence-corrected chi connectivity index (χ1v) is 11.7. The molecule has 0 atom stereocenters. The lowest BCUT2D eigenvalue weighted by Crippen LogP contribution is -2.20. The van der Waals surface area contributed by atoms with E-state index in [4.69, 9.17) is 4.84 Å². The molecule has 0 aromatic heterocycles. The molecule has 0 aliphatic heterocycles. The fourth-order valence-electron chi connectivity index (χ4n) is 3.17. The summed E-state index contributed by atoms with van der Waals surface area (Å²) in [6, 6.07) is 37.2. The first kappa shape index (κ1) is 27.4. The van der Waals surface area contributed by atoms with Crippen molar-refractivity contribution in [3.8, 4) is 0 Å². The van der Waals surface area contributed by atoms with Crippen LogP contribution in [0.4, 0.5) is 0 Å². The highest BCUT2D eigenvalue weighted by molar-refractivity contribution is 6.09. The van der Waals surface area contributed by atoms with Crippen molar-refractivity contribution in [1.82, 2.24) is 5.06 Å². The summed E-state index contributed by atoms with van der Waals surface area (Å²) in [6.07, 6.45) is 0. The van der Waals surface area contributed by atoms with Crippen LogP contribution in [0.25, 0.3) is 0 Å². The van der Waals surface area contributed by atoms with Gasteiger partial charge in [0, 0.05) is 35.3 Å². The molecule has 4 rings (SSSR count). The van der Waals surface area contributed by atoms with Gasteiger partial charge in [-0.15, -0.1) is 0 Å². The number of hydrogen-bond donors (Lipinski definition) is 0. The van der Waals surface area contributed by atoms with Gasteiger partial charge < -0.3 is 4.84 Å². The second-order valence-electron chi connectivity index (χ2n) is 7.42. The van der Waals surface area contributed by atoms with Crippen LogP contribution in [0.5, 0.6) is 0 Å². The van der Waals surface area contributed by atoms with Gasteiger partial charge in [-0.1, -0.05) is 135 Å². The number of carbonyl (C=O) groups excluding carboxylic acids is 2. The van der Waals surface area contributed by atoms with Gasteiger partial charge in [0.2, 0.25) is 0 Å². The van der Waals surface area contributed by atoms with Crippen molar-refractivity contribution in [2.75, 3.05) is 20.2 Å². The molecule has 0 fully saturated rings. The molecule has 0 radical (unpaired) electrons. The van der Waals surface area contributed by atoms with Crippen molar-refractivity contribution in [2.24, 2.45) is 0 Å². The van der Waals surface area contributed by atoms with E-state index in [-0.39, 0.29) is 11.6 Å². The number of nitrogens with zero attached hydrogens (tertiary/aromatic N) is 1. The maximum Gasteiger partial charge on any atom is 0.193 e. The highest BCUT2D eigenvalue weighted by Crippen LogP contribution is 2.09. The van der Waals surface area contributed by atoms with Crippen LogP contribution in [0.15, 0.2) is 121 Å². The number of carbonyl (C=O) groups is 2. The van der Waals surface area contributed by atoms with Gasteiger partial charge in [-0.25, -0.2) is 0 Å². The summed E-state index contributed by atoms with van der Waals surface area (Å²) < 4.78 is 0. The molecule has 0 N–H and O–H groups in total. The molecule has 0 saturated heterocycles. The molecule has 0 aliphatic rings. The van der Waals surface area contributed by atoms with Gasteiger partial charge >= 0.3 is 0 Å². The van der Waals surface area contributed by atoms with E-state index in [1.54, 1.807) is 7.11 Å². The van der Waals surface area contributed by atoms with Gasteiger partial charge in [-0.2, -0.15) is 5.06 Å². The SMILES string of the molecule is CCN(CC)OC.O=C(c1ccccc1)c1ccccc1.O=C(c1ccccc1)c1ccccc1. The third-order valence-electron chi connectivity index (χ3n) is 5.11. The van der Waals surface area contributed by atoms with Crippen LogP contribution >= 0.6 is 0 Å². The Labute approximate surface area is 208 Å². The third kappa shape index (κ3) is 9.49. The summed E-state index contributed by atoms with van der Waals surface area (Å²) in [5, 5.41) is 1.88. The number of benzene rings is 4. The Balaban J connectivity index is 0.000000197. The fourth-order valence-corrected chi connectivity index (χ4v) is 3.17. The molecule has 4 aromatic rings. The normalized spacial score (nSPS) is 9.83. The van der Waals surface area contributed by atoms with Gasteiger partial charge in [0.25, 0.3) is 0 Å². The zero-order valence-corrected chi connectivity index (χ0v) is 20.6. The lowest BCUT2D eigenvalue weighted by Gasteiger charge is -2.12. The van der Waals surface area contributed by atoms with E-state index < -0.39 is 0 Å². The van der Waals surface area contributed by atoms with Crippen LogP contribution < -0.4 is 0 Å². The summed E-state index contributed by atoms with van der Waals surface area (Å²) in [6.45, 7) is 6.06. The number of hydroxylamine groups is 2. The van der Waals surface area contributed by atoms with Crippen molar-refractivity contribution in [3.05, 3.63) is 144 Å². The minimum absolute atomic E-state index is 0.0752. The zero-order chi connectivity index (χ0) is 25.3. The lowest BCUT2D eigenvalue weighted by molar-refractivity contribution is -0.123. The van der Waals surface area contributed by atoms with E-state index >= 15 is 0 Å². The molecule has 35 heavy (non-hydrogen) atoms. The van der Waals surface area contributed by atoms with Gasteiger partial charge in [0.1, 0.15) is 0 Å². The van der Waals surface area contributed by atoms with E-state index in [1.165, 1.54) is 0 Å². The molecule has 0 aliphatic carbocycles. The molecular weight excluding hydrogens is 434 g/mol. The summed E-state index contributed by atoms with van der Waals surface area (Å²) in [5.74, 6) is 0.150. The average molecular weight is 468 g/mol. The summed E-state index contributed by atoms with van der Waals surface area (Å²) in [5.41, 5.74) is 2.94. The Morgan fingerprint density at radius 3 is 0.886 bits per heavy atom. The Morgan fingerprint density at radius 2 is 0.743 bits per heavy atom. The monoisotopic (exact) mass is 467 g/mol. The largest absolute Gasteiger partial charge is 0.302 e. The molecular formula is C31H33NO3.